The first-order valence-electron chi connectivity index (χ1n) is 8.65. The monoisotopic (exact) mass is 362 g/mol. The normalized spacial score (nSPS) is 15.1. The van der Waals surface area contributed by atoms with Gasteiger partial charge in [-0.15, -0.1) is 12.4 Å². The fourth-order valence-electron chi connectivity index (χ4n) is 3.43. The van der Waals surface area contributed by atoms with Gasteiger partial charge in [-0.1, -0.05) is 18.2 Å². The van der Waals surface area contributed by atoms with E-state index in [4.69, 9.17) is 0 Å². The molecule has 25 heavy (non-hydrogen) atoms. The number of carbonyl (C=O) groups is 1. The van der Waals surface area contributed by atoms with E-state index < -0.39 is 0 Å². The lowest BCUT2D eigenvalue weighted by Gasteiger charge is -2.32. The number of likely N-dealkylation sites (tertiary alicyclic amines) is 1. The smallest absolute Gasteiger partial charge is 0.227 e. The van der Waals surface area contributed by atoms with Crippen molar-refractivity contribution >= 4 is 18.3 Å². The first kappa shape index (κ1) is 19.5. The summed E-state index contributed by atoms with van der Waals surface area (Å²) in [6.07, 6.45) is 2.50. The number of hydrogen-bond acceptors (Lipinski definition) is 3. The quantitative estimate of drug-likeness (QED) is 0.909. The molecular weight excluding hydrogens is 336 g/mol. The van der Waals surface area contributed by atoms with Gasteiger partial charge in [0.25, 0.3) is 0 Å². The number of rotatable bonds is 4. The third kappa shape index (κ3) is 4.22. The Morgan fingerprint density at radius 2 is 1.84 bits per heavy atom. The summed E-state index contributed by atoms with van der Waals surface area (Å²) in [5, 5.41) is 7.94. The standard InChI is InChI=1S/C19H26N4O.ClH/c1-14-18(13-19(24)22-11-9-16(20-3)10-12-22)15(2)23(21-14)17-7-5-4-6-8-17;/h4-8,16,20H,9-13H2,1-3H3;1H. The van der Waals surface area contributed by atoms with E-state index in [0.717, 1.165) is 48.6 Å². The molecule has 0 unspecified atom stereocenters. The maximum atomic E-state index is 12.7. The second kappa shape index (κ2) is 8.50. The Balaban J connectivity index is 0.00000225. The third-order valence-electron chi connectivity index (χ3n) is 5.03. The van der Waals surface area contributed by atoms with Gasteiger partial charge in [-0.25, -0.2) is 4.68 Å². The van der Waals surface area contributed by atoms with Crippen LogP contribution in [-0.2, 0) is 11.2 Å². The highest BCUT2D eigenvalue weighted by Crippen LogP contribution is 2.20. The maximum Gasteiger partial charge on any atom is 0.227 e. The number of aromatic nitrogens is 2. The lowest BCUT2D eigenvalue weighted by atomic mass is 10.0. The highest BCUT2D eigenvalue weighted by molar-refractivity contribution is 5.85. The van der Waals surface area contributed by atoms with E-state index in [1.807, 2.05) is 60.8 Å². The van der Waals surface area contributed by atoms with E-state index >= 15 is 0 Å². The van der Waals surface area contributed by atoms with Crippen molar-refractivity contribution in [2.45, 2.75) is 39.2 Å². The van der Waals surface area contributed by atoms with Crippen LogP contribution in [0.15, 0.2) is 30.3 Å². The van der Waals surface area contributed by atoms with Gasteiger partial charge >= 0.3 is 0 Å². The number of benzene rings is 1. The van der Waals surface area contributed by atoms with E-state index in [2.05, 4.69) is 10.4 Å². The van der Waals surface area contributed by atoms with Gasteiger partial charge in [-0.05, 0) is 45.9 Å². The molecule has 0 radical (unpaired) electrons. The average Bonchev–Trinajstić information content (AvgIpc) is 2.90. The largest absolute Gasteiger partial charge is 0.342 e. The summed E-state index contributed by atoms with van der Waals surface area (Å²) in [6.45, 7) is 5.72. The minimum atomic E-state index is 0. The van der Waals surface area contributed by atoms with Crippen LogP contribution >= 0.6 is 12.4 Å². The Kier molecular flexibility index (Phi) is 6.62. The van der Waals surface area contributed by atoms with Gasteiger partial charge in [0.05, 0.1) is 17.8 Å². The molecule has 2 aromatic rings. The molecule has 0 atom stereocenters. The molecule has 5 nitrogen and oxygen atoms in total. The van der Waals surface area contributed by atoms with E-state index in [0.29, 0.717) is 12.5 Å². The van der Waals surface area contributed by atoms with Gasteiger partial charge in [0.15, 0.2) is 0 Å². The summed E-state index contributed by atoms with van der Waals surface area (Å²) in [5.74, 6) is 0.211. The minimum Gasteiger partial charge on any atom is -0.342 e. The zero-order chi connectivity index (χ0) is 17.1. The van der Waals surface area contributed by atoms with Crippen molar-refractivity contribution in [3.05, 3.63) is 47.3 Å². The van der Waals surface area contributed by atoms with Gasteiger partial charge < -0.3 is 10.2 Å². The molecule has 1 saturated heterocycles. The Hall–Kier alpha value is -1.85. The van der Waals surface area contributed by atoms with Gasteiger partial charge in [0.2, 0.25) is 5.91 Å². The molecule has 1 aliphatic rings. The van der Waals surface area contributed by atoms with Crippen molar-refractivity contribution in [3.8, 4) is 5.69 Å². The first-order chi connectivity index (χ1) is 11.6. The van der Waals surface area contributed by atoms with E-state index in [9.17, 15) is 4.79 Å². The lowest BCUT2D eigenvalue weighted by molar-refractivity contribution is -0.131. The van der Waals surface area contributed by atoms with Gasteiger partial charge in [0, 0.05) is 30.4 Å². The van der Waals surface area contributed by atoms with Crippen molar-refractivity contribution in [2.75, 3.05) is 20.1 Å². The number of hydrogen-bond donors (Lipinski definition) is 1. The zero-order valence-corrected chi connectivity index (χ0v) is 16.0. The Bertz CT molecular complexity index is 706. The van der Waals surface area contributed by atoms with Crippen LogP contribution in [0.1, 0.15) is 29.8 Å². The molecule has 1 aromatic carbocycles. The van der Waals surface area contributed by atoms with Crippen LogP contribution in [0.4, 0.5) is 0 Å². The second-order valence-corrected chi connectivity index (χ2v) is 6.52. The molecule has 0 bridgehead atoms. The number of para-hydroxylation sites is 1. The van der Waals surface area contributed by atoms with Crippen LogP contribution in [0.5, 0.6) is 0 Å². The molecule has 1 N–H and O–H groups in total. The molecule has 6 heteroatoms. The number of aryl methyl sites for hydroxylation is 1. The van der Waals surface area contributed by atoms with Crippen molar-refractivity contribution in [2.24, 2.45) is 0 Å². The average molecular weight is 363 g/mol. The summed E-state index contributed by atoms with van der Waals surface area (Å²) in [6, 6.07) is 10.6. The lowest BCUT2D eigenvalue weighted by Crippen LogP contribution is -2.44. The zero-order valence-electron chi connectivity index (χ0n) is 15.2. The number of halogens is 1. The summed E-state index contributed by atoms with van der Waals surface area (Å²) < 4.78 is 1.94. The molecule has 1 fully saturated rings. The predicted octanol–water partition coefficient (Wildman–Crippen LogP) is 2.66. The van der Waals surface area contributed by atoms with Crippen molar-refractivity contribution in [1.29, 1.82) is 0 Å². The highest BCUT2D eigenvalue weighted by Gasteiger charge is 2.24. The number of nitrogens with one attached hydrogen (secondary N) is 1. The summed E-state index contributed by atoms with van der Waals surface area (Å²) in [4.78, 5) is 14.7. The Morgan fingerprint density at radius 1 is 1.20 bits per heavy atom. The fourth-order valence-corrected chi connectivity index (χ4v) is 3.43. The number of piperidine rings is 1. The molecule has 0 saturated carbocycles. The summed E-state index contributed by atoms with van der Waals surface area (Å²) in [5.41, 5.74) is 4.08. The van der Waals surface area contributed by atoms with Crippen molar-refractivity contribution in [1.82, 2.24) is 20.0 Å². The minimum absolute atomic E-state index is 0. The molecule has 1 aromatic heterocycles. The second-order valence-electron chi connectivity index (χ2n) is 6.52. The molecule has 2 heterocycles. The number of amides is 1. The number of nitrogens with zero attached hydrogens (tertiary/aromatic N) is 3. The molecule has 1 aliphatic heterocycles. The van der Waals surface area contributed by atoms with Crippen LogP contribution in [0.2, 0.25) is 0 Å². The van der Waals surface area contributed by atoms with Gasteiger partial charge in [-0.2, -0.15) is 5.10 Å². The van der Waals surface area contributed by atoms with Crippen LogP contribution in [0, 0.1) is 13.8 Å². The molecule has 136 valence electrons. The van der Waals surface area contributed by atoms with Gasteiger partial charge in [-0.3, -0.25) is 4.79 Å². The molecule has 0 spiro atoms. The summed E-state index contributed by atoms with van der Waals surface area (Å²) in [7, 11) is 1.99. The first-order valence-corrected chi connectivity index (χ1v) is 8.65. The topological polar surface area (TPSA) is 50.2 Å². The Labute approximate surface area is 155 Å². The molecule has 0 aliphatic carbocycles. The highest BCUT2D eigenvalue weighted by atomic mass is 35.5. The van der Waals surface area contributed by atoms with E-state index in [1.54, 1.807) is 0 Å². The van der Waals surface area contributed by atoms with Crippen molar-refractivity contribution < 1.29 is 4.79 Å². The fraction of sp³-hybridized carbons (Fsp3) is 0.474. The SMILES string of the molecule is CNC1CCN(C(=O)Cc2c(C)nn(-c3ccccc3)c2C)CC1.Cl. The predicted molar refractivity (Wildman–Crippen MR) is 103 cm³/mol. The van der Waals surface area contributed by atoms with Crippen LogP contribution in [-0.4, -0.2) is 46.8 Å². The van der Waals surface area contributed by atoms with Gasteiger partial charge in [0.1, 0.15) is 0 Å². The molecule has 1 amide bonds. The van der Waals surface area contributed by atoms with Crippen LogP contribution in [0.3, 0.4) is 0 Å². The number of carbonyl (C=O) groups excluding carboxylic acids is 1. The van der Waals surface area contributed by atoms with Crippen LogP contribution in [0.25, 0.3) is 5.69 Å². The van der Waals surface area contributed by atoms with E-state index in [1.165, 1.54) is 0 Å². The Morgan fingerprint density at radius 3 is 2.44 bits per heavy atom. The van der Waals surface area contributed by atoms with E-state index in [-0.39, 0.29) is 18.3 Å². The van der Waals surface area contributed by atoms with Crippen molar-refractivity contribution in [3.63, 3.8) is 0 Å². The molecular formula is C19H27ClN4O. The van der Waals surface area contributed by atoms with Crippen LogP contribution < -0.4 is 5.32 Å². The molecule has 3 rings (SSSR count). The third-order valence-corrected chi connectivity index (χ3v) is 5.03. The summed E-state index contributed by atoms with van der Waals surface area (Å²) >= 11 is 0. The maximum absolute atomic E-state index is 12.7.